The lowest BCUT2D eigenvalue weighted by Crippen LogP contribution is -2.47. The number of halogens is 3. The minimum absolute atomic E-state index is 0.168. The van der Waals surface area contributed by atoms with E-state index in [1.165, 1.54) is 0 Å². The minimum atomic E-state index is -4.37. The first-order chi connectivity index (χ1) is 6.15. The van der Waals surface area contributed by atoms with Gasteiger partial charge in [-0.2, -0.15) is 13.2 Å². The normalized spacial score (nSPS) is 14.3. The highest BCUT2D eigenvalue weighted by atomic mass is 19.4. The van der Waals surface area contributed by atoms with Gasteiger partial charge in [0.25, 0.3) is 0 Å². The van der Waals surface area contributed by atoms with Crippen LogP contribution in [0.3, 0.4) is 0 Å². The largest absolute Gasteiger partial charge is 0.406 e. The van der Waals surface area contributed by atoms with Crippen LogP contribution in [0.2, 0.25) is 0 Å². The number of carbonyl (C=O) groups excluding carboxylic acids is 1. The Kier molecular flexibility index (Phi) is 4.38. The molecule has 0 bridgehead atoms. The maximum absolute atomic E-state index is 11.9. The number of nitrogens with two attached hydrogens (primary N) is 1. The van der Waals surface area contributed by atoms with Crippen LogP contribution in [-0.2, 0) is 4.79 Å². The zero-order chi connectivity index (χ0) is 11.5. The number of nitrogens with zero attached hydrogens (tertiary/aromatic N) is 1. The topological polar surface area (TPSA) is 46.3 Å². The SMILES string of the molecule is CC(C)[C@@H](N)C(=O)N(C)CC(F)(F)F. The molecule has 0 unspecified atom stereocenters. The number of rotatable bonds is 3. The molecule has 0 aliphatic carbocycles. The van der Waals surface area contributed by atoms with E-state index in [1.54, 1.807) is 13.8 Å². The molecule has 0 heterocycles. The molecule has 0 radical (unpaired) electrons. The zero-order valence-electron chi connectivity index (χ0n) is 8.43. The Hall–Kier alpha value is -0.780. The summed E-state index contributed by atoms with van der Waals surface area (Å²) >= 11 is 0. The summed E-state index contributed by atoms with van der Waals surface area (Å²) < 4.78 is 35.7. The number of amides is 1. The third kappa shape index (κ3) is 4.45. The van der Waals surface area contributed by atoms with Gasteiger partial charge in [0.1, 0.15) is 6.54 Å². The summed E-state index contributed by atoms with van der Waals surface area (Å²) in [6.45, 7) is 2.11. The highest BCUT2D eigenvalue weighted by Crippen LogP contribution is 2.16. The van der Waals surface area contributed by atoms with Crippen molar-refractivity contribution in [2.45, 2.75) is 26.1 Å². The second kappa shape index (κ2) is 4.63. The average molecular weight is 212 g/mol. The van der Waals surface area contributed by atoms with Gasteiger partial charge < -0.3 is 10.6 Å². The maximum atomic E-state index is 11.9. The van der Waals surface area contributed by atoms with Crippen molar-refractivity contribution in [1.82, 2.24) is 4.90 Å². The summed E-state index contributed by atoms with van der Waals surface area (Å²) in [5, 5.41) is 0. The number of hydrogen-bond acceptors (Lipinski definition) is 2. The molecular formula is C8H15F3N2O. The van der Waals surface area contributed by atoms with Crippen molar-refractivity contribution in [3.63, 3.8) is 0 Å². The molecular weight excluding hydrogens is 197 g/mol. The molecule has 2 N–H and O–H groups in total. The lowest BCUT2D eigenvalue weighted by molar-refractivity contribution is -0.159. The Morgan fingerprint density at radius 3 is 2.14 bits per heavy atom. The lowest BCUT2D eigenvalue weighted by Gasteiger charge is -2.24. The average Bonchev–Trinajstić information content (AvgIpc) is 1.98. The molecule has 0 aromatic rings. The van der Waals surface area contributed by atoms with E-state index < -0.39 is 24.7 Å². The van der Waals surface area contributed by atoms with E-state index in [9.17, 15) is 18.0 Å². The Morgan fingerprint density at radius 2 is 1.86 bits per heavy atom. The van der Waals surface area contributed by atoms with Gasteiger partial charge in [-0.3, -0.25) is 4.79 Å². The Morgan fingerprint density at radius 1 is 1.43 bits per heavy atom. The van der Waals surface area contributed by atoms with Gasteiger partial charge in [0.05, 0.1) is 6.04 Å². The van der Waals surface area contributed by atoms with E-state index in [4.69, 9.17) is 5.73 Å². The second-order valence-corrected chi connectivity index (χ2v) is 3.58. The lowest BCUT2D eigenvalue weighted by atomic mass is 10.0. The van der Waals surface area contributed by atoms with E-state index in [-0.39, 0.29) is 5.92 Å². The van der Waals surface area contributed by atoms with E-state index >= 15 is 0 Å². The zero-order valence-corrected chi connectivity index (χ0v) is 8.43. The number of hydrogen-bond donors (Lipinski definition) is 1. The molecule has 0 saturated heterocycles. The molecule has 0 aromatic heterocycles. The quantitative estimate of drug-likeness (QED) is 0.758. The molecule has 1 atom stereocenters. The fourth-order valence-electron chi connectivity index (χ4n) is 0.886. The molecule has 14 heavy (non-hydrogen) atoms. The Labute approximate surface area is 81.1 Å². The van der Waals surface area contributed by atoms with E-state index in [2.05, 4.69) is 0 Å². The van der Waals surface area contributed by atoms with Crippen molar-refractivity contribution in [1.29, 1.82) is 0 Å². The summed E-state index contributed by atoms with van der Waals surface area (Å²) in [4.78, 5) is 11.9. The molecule has 0 aromatic carbocycles. The van der Waals surface area contributed by atoms with Gasteiger partial charge in [-0.1, -0.05) is 13.8 Å². The van der Waals surface area contributed by atoms with Gasteiger partial charge in [0.2, 0.25) is 5.91 Å². The Balaban J connectivity index is 4.26. The summed E-state index contributed by atoms with van der Waals surface area (Å²) in [6, 6.07) is -0.873. The Bertz CT molecular complexity index is 203. The monoisotopic (exact) mass is 212 g/mol. The van der Waals surface area contributed by atoms with E-state index in [0.717, 1.165) is 7.05 Å². The molecule has 3 nitrogen and oxygen atoms in total. The van der Waals surface area contributed by atoms with Gasteiger partial charge in [-0.25, -0.2) is 0 Å². The summed E-state index contributed by atoms with van der Waals surface area (Å²) in [6.07, 6.45) is -4.37. The standard InChI is InChI=1S/C8H15F3N2O/c1-5(2)6(12)7(14)13(3)4-8(9,10)11/h5-6H,4,12H2,1-3H3/t6-/m1/s1. The number of alkyl halides is 3. The van der Waals surface area contributed by atoms with E-state index in [1.807, 2.05) is 0 Å². The first-order valence-electron chi connectivity index (χ1n) is 4.22. The highest BCUT2D eigenvalue weighted by Gasteiger charge is 2.33. The first-order valence-corrected chi connectivity index (χ1v) is 4.22. The number of carbonyl (C=O) groups is 1. The predicted octanol–water partition coefficient (Wildman–Crippen LogP) is 0.990. The van der Waals surface area contributed by atoms with Crippen molar-refractivity contribution < 1.29 is 18.0 Å². The van der Waals surface area contributed by atoms with Crippen molar-refractivity contribution >= 4 is 5.91 Å². The third-order valence-corrected chi connectivity index (χ3v) is 1.80. The third-order valence-electron chi connectivity index (χ3n) is 1.80. The first kappa shape index (κ1) is 13.2. The van der Waals surface area contributed by atoms with Crippen molar-refractivity contribution in [3.8, 4) is 0 Å². The molecule has 0 saturated carbocycles. The molecule has 1 amide bonds. The van der Waals surface area contributed by atoms with Crippen molar-refractivity contribution in [2.24, 2.45) is 11.7 Å². The summed E-state index contributed by atoms with van der Waals surface area (Å²) in [5.41, 5.74) is 5.42. The van der Waals surface area contributed by atoms with Crippen LogP contribution in [0.25, 0.3) is 0 Å². The second-order valence-electron chi connectivity index (χ2n) is 3.58. The molecule has 84 valence electrons. The van der Waals surface area contributed by atoms with Crippen LogP contribution in [0.1, 0.15) is 13.8 Å². The van der Waals surface area contributed by atoms with Gasteiger partial charge in [-0.15, -0.1) is 0 Å². The summed E-state index contributed by atoms with van der Waals surface area (Å²) in [7, 11) is 1.10. The van der Waals surface area contributed by atoms with Crippen LogP contribution in [0.4, 0.5) is 13.2 Å². The van der Waals surface area contributed by atoms with Crippen LogP contribution in [0.5, 0.6) is 0 Å². The fraction of sp³-hybridized carbons (Fsp3) is 0.875. The van der Waals surface area contributed by atoms with Crippen LogP contribution in [-0.4, -0.2) is 36.6 Å². The maximum Gasteiger partial charge on any atom is 0.406 e. The van der Waals surface area contributed by atoms with Crippen LogP contribution >= 0.6 is 0 Å². The van der Waals surface area contributed by atoms with Crippen molar-refractivity contribution in [3.05, 3.63) is 0 Å². The summed E-state index contributed by atoms with van der Waals surface area (Å²) in [5.74, 6) is -0.851. The smallest absolute Gasteiger partial charge is 0.335 e. The van der Waals surface area contributed by atoms with Crippen LogP contribution < -0.4 is 5.73 Å². The molecule has 0 aliphatic rings. The molecule has 6 heteroatoms. The van der Waals surface area contributed by atoms with Crippen LogP contribution in [0.15, 0.2) is 0 Å². The number of likely N-dealkylation sites (N-methyl/N-ethyl adjacent to an activating group) is 1. The molecule has 0 fully saturated rings. The van der Waals surface area contributed by atoms with Gasteiger partial charge >= 0.3 is 6.18 Å². The van der Waals surface area contributed by atoms with Crippen LogP contribution in [0, 0.1) is 5.92 Å². The molecule has 0 aliphatic heterocycles. The molecule has 0 spiro atoms. The minimum Gasteiger partial charge on any atom is -0.335 e. The fourth-order valence-corrected chi connectivity index (χ4v) is 0.886. The highest BCUT2D eigenvalue weighted by molar-refractivity contribution is 5.81. The predicted molar refractivity (Wildman–Crippen MR) is 46.5 cm³/mol. The molecule has 0 rings (SSSR count). The van der Waals surface area contributed by atoms with Crippen molar-refractivity contribution in [2.75, 3.05) is 13.6 Å². The van der Waals surface area contributed by atoms with Gasteiger partial charge in [-0.05, 0) is 5.92 Å². The van der Waals surface area contributed by atoms with Gasteiger partial charge in [0, 0.05) is 7.05 Å². The van der Waals surface area contributed by atoms with Gasteiger partial charge in [0.15, 0.2) is 0 Å². The van der Waals surface area contributed by atoms with E-state index in [0.29, 0.717) is 4.90 Å².